The summed E-state index contributed by atoms with van der Waals surface area (Å²) in [4.78, 5) is 36.5. The van der Waals surface area contributed by atoms with Gasteiger partial charge in [-0.3, -0.25) is 14.7 Å². The molecule has 2 N–H and O–H groups in total. The number of piperidine rings is 1. The number of rotatable bonds is 4. The molecule has 0 atom stereocenters. The minimum Gasteiger partial charge on any atom is -0.473 e. The maximum atomic E-state index is 11.6. The van der Waals surface area contributed by atoms with Gasteiger partial charge in [0.2, 0.25) is 0 Å². The zero-order chi connectivity index (χ0) is 17.9. The Morgan fingerprint density at radius 2 is 1.83 bits per heavy atom. The minimum absolute atomic E-state index is 0.0324. The first kappa shape index (κ1) is 19.6. The zero-order valence-corrected chi connectivity index (χ0v) is 13.6. The molecule has 132 valence electrons. The third kappa shape index (κ3) is 7.19. The standard InChI is InChI=1S/C14H20N2O2.C2H2O4/c1-2-18-14(17)12-6-9-16(10-7-12)11-13-5-3-4-8-15-13;3-1(4)2(5)6/h3-5,8,12H,2,6-7,9-11H2,1H3;(H,3,4)(H,5,6). The normalized spacial score (nSPS) is 15.0. The summed E-state index contributed by atoms with van der Waals surface area (Å²) >= 11 is 0. The molecule has 0 aromatic carbocycles. The minimum atomic E-state index is -1.82. The lowest BCUT2D eigenvalue weighted by Gasteiger charge is -2.30. The summed E-state index contributed by atoms with van der Waals surface area (Å²) in [6, 6.07) is 5.97. The van der Waals surface area contributed by atoms with E-state index in [1.807, 2.05) is 31.3 Å². The summed E-state index contributed by atoms with van der Waals surface area (Å²) < 4.78 is 5.07. The van der Waals surface area contributed by atoms with Gasteiger partial charge in [-0.1, -0.05) is 6.07 Å². The second-order valence-corrected chi connectivity index (χ2v) is 5.23. The number of hydrogen-bond acceptors (Lipinski definition) is 6. The number of nitrogens with zero attached hydrogens (tertiary/aromatic N) is 2. The monoisotopic (exact) mass is 338 g/mol. The number of hydrogen-bond donors (Lipinski definition) is 2. The SMILES string of the molecule is CCOC(=O)C1CCN(Cc2ccccn2)CC1.O=C(O)C(=O)O. The summed E-state index contributed by atoms with van der Waals surface area (Å²) in [5, 5.41) is 14.8. The summed E-state index contributed by atoms with van der Waals surface area (Å²) in [6.07, 6.45) is 3.61. The Morgan fingerprint density at radius 3 is 2.29 bits per heavy atom. The Bertz CT molecular complexity index is 529. The third-order valence-electron chi connectivity index (χ3n) is 3.50. The van der Waals surface area contributed by atoms with Gasteiger partial charge in [0.25, 0.3) is 0 Å². The van der Waals surface area contributed by atoms with Gasteiger partial charge in [-0.2, -0.15) is 0 Å². The molecule has 2 rings (SSSR count). The van der Waals surface area contributed by atoms with Gasteiger partial charge in [0.05, 0.1) is 18.2 Å². The lowest BCUT2D eigenvalue weighted by molar-refractivity contribution is -0.159. The molecule has 24 heavy (non-hydrogen) atoms. The van der Waals surface area contributed by atoms with Crippen LogP contribution in [0.4, 0.5) is 0 Å². The Labute approximate surface area is 140 Å². The van der Waals surface area contributed by atoms with Crippen LogP contribution < -0.4 is 0 Å². The molecule has 1 saturated heterocycles. The van der Waals surface area contributed by atoms with E-state index in [4.69, 9.17) is 24.5 Å². The summed E-state index contributed by atoms with van der Waals surface area (Å²) in [6.45, 7) is 5.09. The van der Waals surface area contributed by atoms with Crippen LogP contribution in [0.25, 0.3) is 0 Å². The predicted octanol–water partition coefficient (Wildman–Crippen LogP) is 1.01. The molecule has 0 unspecified atom stereocenters. The number of carboxylic acids is 2. The molecule has 1 aliphatic heterocycles. The van der Waals surface area contributed by atoms with Crippen molar-refractivity contribution in [1.29, 1.82) is 0 Å². The van der Waals surface area contributed by atoms with E-state index in [0.717, 1.165) is 38.2 Å². The smallest absolute Gasteiger partial charge is 0.414 e. The van der Waals surface area contributed by atoms with Crippen LogP contribution in [0.15, 0.2) is 24.4 Å². The largest absolute Gasteiger partial charge is 0.473 e. The first-order valence-electron chi connectivity index (χ1n) is 7.69. The van der Waals surface area contributed by atoms with Gasteiger partial charge in [0.1, 0.15) is 0 Å². The number of carboxylic acid groups (broad SMARTS) is 2. The number of aliphatic carboxylic acids is 2. The molecule has 0 radical (unpaired) electrons. The first-order chi connectivity index (χ1) is 11.4. The Morgan fingerprint density at radius 1 is 1.21 bits per heavy atom. The van der Waals surface area contributed by atoms with Crippen LogP contribution in [0.2, 0.25) is 0 Å². The van der Waals surface area contributed by atoms with Gasteiger partial charge < -0.3 is 14.9 Å². The number of carbonyl (C=O) groups excluding carboxylic acids is 1. The van der Waals surface area contributed by atoms with Gasteiger partial charge in [0.15, 0.2) is 0 Å². The lowest BCUT2D eigenvalue weighted by Crippen LogP contribution is -2.36. The molecule has 1 aromatic rings. The molecule has 0 amide bonds. The van der Waals surface area contributed by atoms with Crippen LogP contribution in [-0.2, 0) is 25.7 Å². The first-order valence-corrected chi connectivity index (χ1v) is 7.69. The molecular weight excluding hydrogens is 316 g/mol. The van der Waals surface area contributed by atoms with E-state index in [2.05, 4.69) is 9.88 Å². The number of esters is 1. The van der Waals surface area contributed by atoms with Gasteiger partial charge in [0, 0.05) is 12.7 Å². The zero-order valence-electron chi connectivity index (χ0n) is 13.6. The molecule has 1 fully saturated rings. The van der Waals surface area contributed by atoms with E-state index in [1.165, 1.54) is 0 Å². The molecule has 1 aliphatic rings. The van der Waals surface area contributed by atoms with Crippen molar-refractivity contribution >= 4 is 17.9 Å². The molecule has 8 nitrogen and oxygen atoms in total. The molecule has 0 aliphatic carbocycles. The molecule has 0 saturated carbocycles. The number of likely N-dealkylation sites (tertiary alicyclic amines) is 1. The highest BCUT2D eigenvalue weighted by atomic mass is 16.5. The fraction of sp³-hybridized carbons (Fsp3) is 0.500. The van der Waals surface area contributed by atoms with Crippen molar-refractivity contribution in [3.05, 3.63) is 30.1 Å². The maximum Gasteiger partial charge on any atom is 0.414 e. The highest BCUT2D eigenvalue weighted by Crippen LogP contribution is 2.19. The van der Waals surface area contributed by atoms with Crippen LogP contribution in [0, 0.1) is 5.92 Å². The topological polar surface area (TPSA) is 117 Å². The van der Waals surface area contributed by atoms with Crippen molar-refractivity contribution in [2.45, 2.75) is 26.3 Å². The van der Waals surface area contributed by atoms with Gasteiger partial charge in [-0.25, -0.2) is 9.59 Å². The average Bonchev–Trinajstić information content (AvgIpc) is 2.57. The second-order valence-electron chi connectivity index (χ2n) is 5.23. The van der Waals surface area contributed by atoms with E-state index in [-0.39, 0.29) is 11.9 Å². The molecule has 0 bridgehead atoms. The van der Waals surface area contributed by atoms with Crippen molar-refractivity contribution in [2.75, 3.05) is 19.7 Å². The van der Waals surface area contributed by atoms with Crippen LogP contribution in [0.5, 0.6) is 0 Å². The highest BCUT2D eigenvalue weighted by molar-refractivity contribution is 6.27. The van der Waals surface area contributed by atoms with Crippen LogP contribution in [-0.4, -0.2) is 57.7 Å². The van der Waals surface area contributed by atoms with E-state index >= 15 is 0 Å². The quantitative estimate of drug-likeness (QED) is 0.617. The molecular formula is C16H22N2O6. The summed E-state index contributed by atoms with van der Waals surface area (Å²) in [5.74, 6) is -3.59. The van der Waals surface area contributed by atoms with Gasteiger partial charge >= 0.3 is 17.9 Å². The number of carbonyl (C=O) groups is 3. The molecule has 8 heteroatoms. The molecule has 2 heterocycles. The van der Waals surface area contributed by atoms with E-state index in [1.54, 1.807) is 0 Å². The number of ether oxygens (including phenoxy) is 1. The number of pyridine rings is 1. The summed E-state index contributed by atoms with van der Waals surface area (Å²) in [5.41, 5.74) is 1.09. The van der Waals surface area contributed by atoms with Crippen LogP contribution in [0.3, 0.4) is 0 Å². The highest BCUT2D eigenvalue weighted by Gasteiger charge is 2.25. The van der Waals surface area contributed by atoms with Gasteiger partial charge in [-0.05, 0) is 45.0 Å². The van der Waals surface area contributed by atoms with E-state index < -0.39 is 11.9 Å². The number of aromatic nitrogens is 1. The second kappa shape index (κ2) is 10.3. The van der Waals surface area contributed by atoms with Crippen molar-refractivity contribution in [1.82, 2.24) is 9.88 Å². The molecule has 0 spiro atoms. The van der Waals surface area contributed by atoms with E-state index in [9.17, 15) is 4.79 Å². The Hall–Kier alpha value is -2.48. The average molecular weight is 338 g/mol. The van der Waals surface area contributed by atoms with Crippen molar-refractivity contribution in [2.24, 2.45) is 5.92 Å². The van der Waals surface area contributed by atoms with Crippen molar-refractivity contribution in [3.63, 3.8) is 0 Å². The fourth-order valence-corrected chi connectivity index (χ4v) is 2.31. The Kier molecular flexibility index (Phi) is 8.42. The third-order valence-corrected chi connectivity index (χ3v) is 3.50. The maximum absolute atomic E-state index is 11.6. The molecule has 1 aromatic heterocycles. The lowest BCUT2D eigenvalue weighted by atomic mass is 9.97. The predicted molar refractivity (Wildman–Crippen MR) is 84.1 cm³/mol. The van der Waals surface area contributed by atoms with Crippen LogP contribution in [0.1, 0.15) is 25.5 Å². The van der Waals surface area contributed by atoms with Crippen molar-refractivity contribution in [3.8, 4) is 0 Å². The van der Waals surface area contributed by atoms with Crippen LogP contribution >= 0.6 is 0 Å². The summed E-state index contributed by atoms with van der Waals surface area (Å²) in [7, 11) is 0. The van der Waals surface area contributed by atoms with Gasteiger partial charge in [-0.15, -0.1) is 0 Å². The van der Waals surface area contributed by atoms with E-state index in [0.29, 0.717) is 6.61 Å². The Balaban J connectivity index is 0.000000413. The van der Waals surface area contributed by atoms with Crippen molar-refractivity contribution < 1.29 is 29.3 Å². The fourth-order valence-electron chi connectivity index (χ4n) is 2.31.